The van der Waals surface area contributed by atoms with Gasteiger partial charge in [0.15, 0.2) is 0 Å². The van der Waals surface area contributed by atoms with Crippen molar-refractivity contribution >= 4 is 17.5 Å². The van der Waals surface area contributed by atoms with Crippen LogP contribution in [0.5, 0.6) is 0 Å². The van der Waals surface area contributed by atoms with E-state index in [9.17, 15) is 4.79 Å². The predicted octanol–water partition coefficient (Wildman–Crippen LogP) is 1.49. The van der Waals surface area contributed by atoms with Crippen molar-refractivity contribution < 1.29 is 9.53 Å². The molecular weight excluding hydrogens is 172 g/mol. The highest BCUT2D eigenvalue weighted by molar-refractivity contribution is 8.00. The molecule has 1 heterocycles. The second kappa shape index (κ2) is 3.38. The van der Waals surface area contributed by atoms with E-state index < -0.39 is 0 Å². The number of ether oxygens (including phenoxy) is 1. The predicted molar refractivity (Wildman–Crippen MR) is 49.4 cm³/mol. The van der Waals surface area contributed by atoms with E-state index in [4.69, 9.17) is 4.74 Å². The van der Waals surface area contributed by atoms with Gasteiger partial charge in [-0.05, 0) is 6.42 Å². The van der Waals surface area contributed by atoms with Gasteiger partial charge < -0.3 is 4.74 Å². The fraction of sp³-hybridized carbons (Fsp3) is 0.889. The van der Waals surface area contributed by atoms with Crippen LogP contribution in [-0.4, -0.2) is 29.5 Å². The maximum Gasteiger partial charge on any atom is 0.136 e. The number of rotatable bonds is 2. The van der Waals surface area contributed by atoms with E-state index in [1.807, 2.05) is 11.8 Å². The van der Waals surface area contributed by atoms with Gasteiger partial charge >= 0.3 is 0 Å². The zero-order valence-corrected chi connectivity index (χ0v) is 8.10. The highest BCUT2D eigenvalue weighted by Gasteiger charge is 2.34. The van der Waals surface area contributed by atoms with Crippen molar-refractivity contribution in [2.24, 2.45) is 5.92 Å². The minimum absolute atomic E-state index is 0.288. The summed E-state index contributed by atoms with van der Waals surface area (Å²) in [7, 11) is 0. The smallest absolute Gasteiger partial charge is 0.136 e. The van der Waals surface area contributed by atoms with Crippen LogP contribution in [-0.2, 0) is 9.53 Å². The minimum atomic E-state index is 0.288. The van der Waals surface area contributed by atoms with Gasteiger partial charge in [0.05, 0.1) is 18.5 Å². The Morgan fingerprint density at radius 1 is 1.50 bits per heavy atom. The van der Waals surface area contributed by atoms with Crippen molar-refractivity contribution in [2.75, 3.05) is 13.2 Å². The molecule has 2 fully saturated rings. The van der Waals surface area contributed by atoms with Crippen molar-refractivity contribution in [1.82, 2.24) is 0 Å². The number of hydrogen-bond donors (Lipinski definition) is 0. The largest absolute Gasteiger partial charge is 0.379 e. The van der Waals surface area contributed by atoms with Gasteiger partial charge in [-0.25, -0.2) is 0 Å². The number of thioether (sulfide) groups is 1. The van der Waals surface area contributed by atoms with Crippen molar-refractivity contribution in [3.05, 3.63) is 0 Å². The van der Waals surface area contributed by atoms with Gasteiger partial charge in [-0.2, -0.15) is 0 Å². The van der Waals surface area contributed by atoms with Crippen molar-refractivity contribution in [2.45, 2.75) is 30.3 Å². The van der Waals surface area contributed by atoms with Crippen LogP contribution >= 0.6 is 11.8 Å². The molecule has 2 rings (SSSR count). The van der Waals surface area contributed by atoms with Gasteiger partial charge in [-0.3, -0.25) is 4.79 Å². The molecule has 0 amide bonds. The Hall–Kier alpha value is -0.0200. The standard InChI is InChI=1S/C9H14O2S/c1-6-8(10)2-3-9(6)12-7-4-11-5-7/h6-7,9H,2-5H2,1H3. The lowest BCUT2D eigenvalue weighted by molar-refractivity contribution is -0.120. The monoisotopic (exact) mass is 186 g/mol. The molecule has 2 nitrogen and oxygen atoms in total. The molecule has 0 aromatic carbocycles. The molecular formula is C9H14O2S. The lowest BCUT2D eigenvalue weighted by Gasteiger charge is -2.28. The first-order valence-corrected chi connectivity index (χ1v) is 5.47. The van der Waals surface area contributed by atoms with Gasteiger partial charge in [0.2, 0.25) is 0 Å². The number of Topliss-reactive ketones (excluding diaryl/α,β-unsaturated/α-hetero) is 1. The first kappa shape index (κ1) is 8.57. The molecule has 0 spiro atoms. The molecule has 2 unspecified atom stereocenters. The van der Waals surface area contributed by atoms with Crippen LogP contribution in [0.25, 0.3) is 0 Å². The first-order valence-electron chi connectivity index (χ1n) is 4.53. The maximum absolute atomic E-state index is 11.2. The van der Waals surface area contributed by atoms with Crippen molar-refractivity contribution in [3.63, 3.8) is 0 Å². The summed E-state index contributed by atoms with van der Waals surface area (Å²) in [4.78, 5) is 11.2. The summed E-state index contributed by atoms with van der Waals surface area (Å²) in [6.07, 6.45) is 1.88. The summed E-state index contributed by atoms with van der Waals surface area (Å²) in [6.45, 7) is 3.84. The second-order valence-electron chi connectivity index (χ2n) is 3.63. The van der Waals surface area contributed by atoms with Crippen LogP contribution in [0.1, 0.15) is 19.8 Å². The summed E-state index contributed by atoms with van der Waals surface area (Å²) in [5, 5.41) is 1.25. The van der Waals surface area contributed by atoms with E-state index in [0.717, 1.165) is 26.1 Å². The minimum Gasteiger partial charge on any atom is -0.379 e. The van der Waals surface area contributed by atoms with E-state index >= 15 is 0 Å². The molecule has 68 valence electrons. The zero-order valence-electron chi connectivity index (χ0n) is 7.29. The van der Waals surface area contributed by atoms with Crippen molar-refractivity contribution in [1.29, 1.82) is 0 Å². The molecule has 3 heteroatoms. The molecule has 0 N–H and O–H groups in total. The Kier molecular flexibility index (Phi) is 2.42. The lowest BCUT2D eigenvalue weighted by Crippen LogP contribution is -2.33. The Morgan fingerprint density at radius 2 is 2.25 bits per heavy atom. The Bertz CT molecular complexity index is 189. The van der Waals surface area contributed by atoms with Crippen LogP contribution in [0.15, 0.2) is 0 Å². The Morgan fingerprint density at radius 3 is 2.67 bits per heavy atom. The van der Waals surface area contributed by atoms with E-state index in [2.05, 4.69) is 6.92 Å². The molecule has 2 atom stereocenters. The number of carbonyl (C=O) groups excluding carboxylic acids is 1. The third-order valence-electron chi connectivity index (χ3n) is 2.72. The molecule has 2 aliphatic rings. The molecule has 1 saturated heterocycles. The van der Waals surface area contributed by atoms with Crippen LogP contribution in [0.4, 0.5) is 0 Å². The highest BCUT2D eigenvalue weighted by Crippen LogP contribution is 2.36. The molecule has 0 aromatic heterocycles. The third-order valence-corrected chi connectivity index (χ3v) is 4.37. The van der Waals surface area contributed by atoms with Crippen LogP contribution in [0.3, 0.4) is 0 Å². The Labute approximate surface area is 77.0 Å². The summed E-state index contributed by atoms with van der Waals surface area (Å²) < 4.78 is 5.10. The molecule has 0 radical (unpaired) electrons. The van der Waals surface area contributed by atoms with Gasteiger partial charge in [0, 0.05) is 17.6 Å². The maximum atomic E-state index is 11.2. The van der Waals surface area contributed by atoms with Gasteiger partial charge in [0.25, 0.3) is 0 Å². The number of hydrogen-bond acceptors (Lipinski definition) is 3. The summed E-state index contributed by atoms with van der Waals surface area (Å²) in [6, 6.07) is 0. The number of carbonyl (C=O) groups is 1. The van der Waals surface area contributed by atoms with E-state index in [0.29, 0.717) is 16.3 Å². The van der Waals surface area contributed by atoms with Gasteiger partial charge in [0.1, 0.15) is 5.78 Å². The van der Waals surface area contributed by atoms with E-state index in [1.165, 1.54) is 0 Å². The second-order valence-corrected chi connectivity index (χ2v) is 5.17. The van der Waals surface area contributed by atoms with Crippen LogP contribution < -0.4 is 0 Å². The normalized spacial score (nSPS) is 36.9. The fourth-order valence-corrected chi connectivity index (χ4v) is 3.18. The molecule has 1 saturated carbocycles. The summed E-state index contributed by atoms with van der Waals surface area (Å²) >= 11 is 1.96. The third kappa shape index (κ3) is 1.52. The first-order chi connectivity index (χ1) is 5.77. The lowest BCUT2D eigenvalue weighted by atomic mass is 10.1. The summed E-state index contributed by atoms with van der Waals surface area (Å²) in [5.41, 5.74) is 0. The molecule has 1 aliphatic carbocycles. The average molecular weight is 186 g/mol. The quantitative estimate of drug-likeness (QED) is 0.653. The SMILES string of the molecule is CC1C(=O)CCC1SC1COC1. The van der Waals surface area contributed by atoms with E-state index in [1.54, 1.807) is 0 Å². The zero-order chi connectivity index (χ0) is 8.55. The highest BCUT2D eigenvalue weighted by atomic mass is 32.2. The molecule has 1 aliphatic heterocycles. The molecule has 0 aromatic rings. The molecule has 12 heavy (non-hydrogen) atoms. The van der Waals surface area contributed by atoms with Crippen molar-refractivity contribution in [3.8, 4) is 0 Å². The van der Waals surface area contributed by atoms with E-state index in [-0.39, 0.29) is 5.92 Å². The number of ketones is 1. The molecule has 0 bridgehead atoms. The average Bonchev–Trinajstić information content (AvgIpc) is 2.27. The van der Waals surface area contributed by atoms with Crippen LogP contribution in [0, 0.1) is 5.92 Å². The van der Waals surface area contributed by atoms with Gasteiger partial charge in [-0.1, -0.05) is 6.92 Å². The summed E-state index contributed by atoms with van der Waals surface area (Å²) in [5.74, 6) is 0.739. The van der Waals surface area contributed by atoms with Gasteiger partial charge in [-0.15, -0.1) is 11.8 Å². The van der Waals surface area contributed by atoms with Crippen LogP contribution in [0.2, 0.25) is 0 Å². The topological polar surface area (TPSA) is 26.3 Å². The Balaban J connectivity index is 1.83. The fourth-order valence-electron chi connectivity index (χ4n) is 1.70.